The summed E-state index contributed by atoms with van der Waals surface area (Å²) in [6.07, 6.45) is 3.85. The minimum Gasteiger partial charge on any atom is -0.494 e. The highest BCUT2D eigenvalue weighted by Crippen LogP contribution is 2.26. The van der Waals surface area contributed by atoms with Crippen LogP contribution in [0.4, 0.5) is 5.69 Å². The zero-order valence-electron chi connectivity index (χ0n) is 18.0. The van der Waals surface area contributed by atoms with Crippen molar-refractivity contribution in [1.82, 2.24) is 4.90 Å². The van der Waals surface area contributed by atoms with Crippen LogP contribution in [-0.4, -0.2) is 35.9 Å². The van der Waals surface area contributed by atoms with Crippen LogP contribution in [-0.2, 0) is 4.79 Å². The Hall–Kier alpha value is -3.74. The van der Waals surface area contributed by atoms with Crippen molar-refractivity contribution < 1.29 is 23.5 Å². The number of anilines is 1. The average Bonchev–Trinajstić information content (AvgIpc) is 3.36. The van der Waals surface area contributed by atoms with Crippen molar-refractivity contribution in [3.63, 3.8) is 0 Å². The Bertz CT molecular complexity index is 1030. The van der Waals surface area contributed by atoms with Gasteiger partial charge < -0.3 is 24.1 Å². The zero-order valence-corrected chi connectivity index (χ0v) is 18.0. The lowest BCUT2D eigenvalue weighted by molar-refractivity contribution is -0.121. The van der Waals surface area contributed by atoms with Gasteiger partial charge in [-0.05, 0) is 86.8 Å². The SMILES string of the molecule is CCOc1ccc(Oc2ccc(NC(=O)C3CCCCN3C(=O)c3ccco3)cc2)cc1. The Balaban J connectivity index is 1.37. The number of ether oxygens (including phenoxy) is 2. The zero-order chi connectivity index (χ0) is 22.3. The Morgan fingerprint density at radius 2 is 1.69 bits per heavy atom. The van der Waals surface area contributed by atoms with Crippen molar-refractivity contribution in [3.05, 3.63) is 72.7 Å². The molecule has 2 amide bonds. The van der Waals surface area contributed by atoms with Gasteiger partial charge in [0.1, 0.15) is 23.3 Å². The molecule has 166 valence electrons. The second-order valence-corrected chi connectivity index (χ2v) is 7.51. The molecule has 1 aromatic heterocycles. The van der Waals surface area contributed by atoms with Crippen molar-refractivity contribution in [2.45, 2.75) is 32.2 Å². The van der Waals surface area contributed by atoms with Crippen LogP contribution in [0.5, 0.6) is 17.2 Å². The molecule has 7 heteroatoms. The van der Waals surface area contributed by atoms with Gasteiger partial charge in [0.05, 0.1) is 12.9 Å². The molecule has 7 nitrogen and oxygen atoms in total. The van der Waals surface area contributed by atoms with Gasteiger partial charge in [-0.3, -0.25) is 9.59 Å². The lowest BCUT2D eigenvalue weighted by Gasteiger charge is -2.34. The fourth-order valence-corrected chi connectivity index (χ4v) is 3.73. The van der Waals surface area contributed by atoms with Crippen LogP contribution >= 0.6 is 0 Å². The predicted molar refractivity (Wildman–Crippen MR) is 120 cm³/mol. The monoisotopic (exact) mass is 434 g/mol. The maximum absolute atomic E-state index is 12.9. The Kier molecular flexibility index (Phi) is 6.75. The maximum atomic E-state index is 12.9. The fourth-order valence-electron chi connectivity index (χ4n) is 3.73. The summed E-state index contributed by atoms with van der Waals surface area (Å²) < 4.78 is 16.5. The molecule has 4 rings (SSSR count). The van der Waals surface area contributed by atoms with E-state index in [4.69, 9.17) is 13.9 Å². The molecule has 1 N–H and O–H groups in total. The number of nitrogens with one attached hydrogen (secondary N) is 1. The fraction of sp³-hybridized carbons (Fsp3) is 0.280. The standard InChI is InChI=1S/C25H26N2O5/c1-2-30-19-12-14-21(15-13-19)32-20-10-8-18(9-11-20)26-24(28)22-6-3-4-16-27(22)25(29)23-7-5-17-31-23/h5,7-15,17,22H,2-4,6,16H2,1H3,(H,26,28). The van der Waals surface area contributed by atoms with Gasteiger partial charge in [-0.25, -0.2) is 0 Å². The van der Waals surface area contributed by atoms with Crippen LogP contribution in [0.1, 0.15) is 36.7 Å². The summed E-state index contributed by atoms with van der Waals surface area (Å²) >= 11 is 0. The molecule has 0 radical (unpaired) electrons. The number of amides is 2. The van der Waals surface area contributed by atoms with Gasteiger partial charge in [-0.2, -0.15) is 0 Å². The summed E-state index contributed by atoms with van der Waals surface area (Å²) in [5.74, 6) is 1.93. The summed E-state index contributed by atoms with van der Waals surface area (Å²) in [4.78, 5) is 27.3. The molecule has 1 unspecified atom stereocenters. The first kappa shape index (κ1) is 21.5. The van der Waals surface area contributed by atoms with E-state index in [0.717, 1.165) is 18.6 Å². The molecule has 2 heterocycles. The summed E-state index contributed by atoms with van der Waals surface area (Å²) in [5, 5.41) is 2.92. The number of carbonyl (C=O) groups excluding carboxylic acids is 2. The molecular formula is C25H26N2O5. The third-order valence-electron chi connectivity index (χ3n) is 5.29. The van der Waals surface area contributed by atoms with Crippen LogP contribution in [0, 0.1) is 0 Å². The molecule has 0 bridgehead atoms. The number of benzene rings is 2. The Morgan fingerprint density at radius 3 is 2.34 bits per heavy atom. The van der Waals surface area contributed by atoms with Crippen LogP contribution in [0.3, 0.4) is 0 Å². The minimum absolute atomic E-state index is 0.204. The lowest BCUT2D eigenvalue weighted by atomic mass is 10.0. The maximum Gasteiger partial charge on any atom is 0.290 e. The van der Waals surface area contributed by atoms with Crippen molar-refractivity contribution >= 4 is 17.5 Å². The Morgan fingerprint density at radius 1 is 1.00 bits per heavy atom. The second kappa shape index (κ2) is 10.0. The highest BCUT2D eigenvalue weighted by atomic mass is 16.5. The molecule has 32 heavy (non-hydrogen) atoms. The third-order valence-corrected chi connectivity index (χ3v) is 5.29. The first-order valence-corrected chi connectivity index (χ1v) is 10.8. The van der Waals surface area contributed by atoms with Gasteiger partial charge in [0, 0.05) is 12.2 Å². The van der Waals surface area contributed by atoms with Crippen LogP contribution < -0.4 is 14.8 Å². The van der Waals surface area contributed by atoms with Crippen LogP contribution in [0.25, 0.3) is 0 Å². The molecular weight excluding hydrogens is 408 g/mol. The predicted octanol–water partition coefficient (Wildman–Crippen LogP) is 5.10. The number of piperidine rings is 1. The van der Waals surface area contributed by atoms with Gasteiger partial charge in [-0.15, -0.1) is 0 Å². The molecule has 0 saturated carbocycles. The van der Waals surface area contributed by atoms with Gasteiger partial charge in [0.25, 0.3) is 5.91 Å². The number of rotatable bonds is 7. The van der Waals surface area contributed by atoms with Crippen molar-refractivity contribution in [2.24, 2.45) is 0 Å². The van der Waals surface area contributed by atoms with E-state index in [1.807, 2.05) is 31.2 Å². The van der Waals surface area contributed by atoms with E-state index in [1.54, 1.807) is 41.3 Å². The number of nitrogens with zero attached hydrogens (tertiary/aromatic N) is 1. The highest BCUT2D eigenvalue weighted by Gasteiger charge is 2.33. The van der Waals surface area contributed by atoms with Crippen LogP contribution in [0.15, 0.2) is 71.3 Å². The van der Waals surface area contributed by atoms with E-state index in [9.17, 15) is 9.59 Å². The van der Waals surface area contributed by atoms with Gasteiger partial charge in [0.2, 0.25) is 5.91 Å². The molecule has 0 spiro atoms. The molecule has 1 fully saturated rings. The van der Waals surface area contributed by atoms with Crippen molar-refractivity contribution in [3.8, 4) is 17.2 Å². The van der Waals surface area contributed by atoms with E-state index in [1.165, 1.54) is 6.26 Å². The smallest absolute Gasteiger partial charge is 0.290 e. The number of furan rings is 1. The molecule has 0 aliphatic carbocycles. The highest BCUT2D eigenvalue weighted by molar-refractivity contribution is 6.00. The number of likely N-dealkylation sites (tertiary alicyclic amines) is 1. The number of hydrogen-bond donors (Lipinski definition) is 1. The second-order valence-electron chi connectivity index (χ2n) is 7.51. The summed E-state index contributed by atoms with van der Waals surface area (Å²) in [6, 6.07) is 17.3. The van der Waals surface area contributed by atoms with Crippen molar-refractivity contribution in [2.75, 3.05) is 18.5 Å². The van der Waals surface area contributed by atoms with Gasteiger partial charge >= 0.3 is 0 Å². The molecule has 3 aromatic rings. The molecule has 1 aliphatic heterocycles. The largest absolute Gasteiger partial charge is 0.494 e. The number of carbonyl (C=O) groups is 2. The minimum atomic E-state index is -0.527. The van der Waals surface area contributed by atoms with E-state index < -0.39 is 6.04 Å². The van der Waals surface area contributed by atoms with Gasteiger partial charge in [-0.1, -0.05) is 0 Å². The van der Waals surface area contributed by atoms with E-state index in [0.29, 0.717) is 36.8 Å². The van der Waals surface area contributed by atoms with Crippen molar-refractivity contribution in [1.29, 1.82) is 0 Å². The Labute approximate surface area is 186 Å². The third kappa shape index (κ3) is 5.11. The van der Waals surface area contributed by atoms with E-state index in [2.05, 4.69) is 5.32 Å². The van der Waals surface area contributed by atoms with E-state index in [-0.39, 0.29) is 17.6 Å². The average molecular weight is 434 g/mol. The molecule has 1 saturated heterocycles. The normalized spacial score (nSPS) is 15.8. The first-order valence-electron chi connectivity index (χ1n) is 10.8. The topological polar surface area (TPSA) is 81.0 Å². The molecule has 2 aromatic carbocycles. The van der Waals surface area contributed by atoms with E-state index >= 15 is 0 Å². The summed E-state index contributed by atoms with van der Waals surface area (Å²) in [5.41, 5.74) is 0.644. The molecule has 1 aliphatic rings. The van der Waals surface area contributed by atoms with Gasteiger partial charge in [0.15, 0.2) is 5.76 Å². The first-order chi connectivity index (χ1) is 15.6. The quantitative estimate of drug-likeness (QED) is 0.559. The summed E-state index contributed by atoms with van der Waals surface area (Å²) in [7, 11) is 0. The molecule has 1 atom stereocenters. The van der Waals surface area contributed by atoms with Crippen LogP contribution in [0.2, 0.25) is 0 Å². The summed E-state index contributed by atoms with van der Waals surface area (Å²) in [6.45, 7) is 3.09. The lowest BCUT2D eigenvalue weighted by Crippen LogP contribution is -2.49. The number of hydrogen-bond acceptors (Lipinski definition) is 5.